The maximum absolute atomic E-state index is 5.57. The Morgan fingerprint density at radius 1 is 1.15 bits per heavy atom. The van der Waals surface area contributed by atoms with E-state index in [1.807, 2.05) is 45.9 Å². The lowest BCUT2D eigenvalue weighted by Gasteiger charge is -2.10. The van der Waals surface area contributed by atoms with E-state index in [4.69, 9.17) is 4.74 Å². The Labute approximate surface area is 119 Å². The lowest BCUT2D eigenvalue weighted by Crippen LogP contribution is -2.08. The molecule has 0 aromatic carbocycles. The molecule has 5 heteroatoms. The topological polar surface area (TPSA) is 59.9 Å². The van der Waals surface area contributed by atoms with Gasteiger partial charge < -0.3 is 10.1 Å². The van der Waals surface area contributed by atoms with Crippen LogP contribution in [-0.4, -0.2) is 21.1 Å². The molecule has 106 valence electrons. The van der Waals surface area contributed by atoms with Gasteiger partial charge in [0.15, 0.2) is 0 Å². The highest BCUT2D eigenvalue weighted by atomic mass is 16.5. The predicted octanol–water partition coefficient (Wildman–Crippen LogP) is 2.89. The quantitative estimate of drug-likeness (QED) is 0.907. The van der Waals surface area contributed by atoms with Gasteiger partial charge in [-0.25, -0.2) is 15.0 Å². The Balaban J connectivity index is 2.03. The van der Waals surface area contributed by atoms with Crippen LogP contribution in [0.4, 0.5) is 5.95 Å². The first-order valence-electron chi connectivity index (χ1n) is 6.70. The normalized spacial score (nSPS) is 10.7. The molecule has 2 rings (SSSR count). The molecule has 0 atom stereocenters. The summed E-state index contributed by atoms with van der Waals surface area (Å²) in [5.74, 6) is 1.28. The SMILES string of the molecule is Cc1cc(C)nc(NCc2ccnc(OC(C)C)c2)n1. The first kappa shape index (κ1) is 14.2. The fourth-order valence-electron chi connectivity index (χ4n) is 1.85. The second-order valence-corrected chi connectivity index (χ2v) is 5.00. The van der Waals surface area contributed by atoms with Crippen LogP contribution in [0.2, 0.25) is 0 Å². The van der Waals surface area contributed by atoms with Crippen LogP contribution < -0.4 is 10.1 Å². The second kappa shape index (κ2) is 6.32. The van der Waals surface area contributed by atoms with Crippen LogP contribution in [-0.2, 0) is 6.54 Å². The van der Waals surface area contributed by atoms with Gasteiger partial charge in [0.25, 0.3) is 0 Å². The van der Waals surface area contributed by atoms with Crippen molar-refractivity contribution in [1.82, 2.24) is 15.0 Å². The summed E-state index contributed by atoms with van der Waals surface area (Å²) >= 11 is 0. The third kappa shape index (κ3) is 4.19. The third-order valence-corrected chi connectivity index (χ3v) is 2.59. The molecule has 0 saturated heterocycles. The van der Waals surface area contributed by atoms with Crippen LogP contribution in [0.5, 0.6) is 5.88 Å². The summed E-state index contributed by atoms with van der Waals surface area (Å²) in [5, 5.41) is 3.22. The first-order chi connectivity index (χ1) is 9.52. The minimum atomic E-state index is 0.119. The zero-order valence-corrected chi connectivity index (χ0v) is 12.3. The van der Waals surface area contributed by atoms with E-state index in [1.165, 1.54) is 0 Å². The van der Waals surface area contributed by atoms with E-state index in [0.29, 0.717) is 18.4 Å². The van der Waals surface area contributed by atoms with E-state index in [2.05, 4.69) is 20.3 Å². The molecule has 2 aromatic rings. The lowest BCUT2D eigenvalue weighted by atomic mass is 10.2. The van der Waals surface area contributed by atoms with Crippen LogP contribution in [0.1, 0.15) is 30.8 Å². The van der Waals surface area contributed by atoms with Crippen LogP contribution in [0.25, 0.3) is 0 Å². The fourth-order valence-corrected chi connectivity index (χ4v) is 1.85. The Morgan fingerprint density at radius 2 is 1.85 bits per heavy atom. The molecular weight excluding hydrogens is 252 g/mol. The zero-order chi connectivity index (χ0) is 14.5. The van der Waals surface area contributed by atoms with E-state index in [1.54, 1.807) is 6.20 Å². The number of anilines is 1. The maximum atomic E-state index is 5.57. The number of aromatic nitrogens is 3. The summed E-state index contributed by atoms with van der Waals surface area (Å²) in [5.41, 5.74) is 3.00. The number of pyridine rings is 1. The van der Waals surface area contributed by atoms with Crippen molar-refractivity contribution in [3.05, 3.63) is 41.3 Å². The van der Waals surface area contributed by atoms with Gasteiger partial charge in [0.1, 0.15) is 0 Å². The van der Waals surface area contributed by atoms with Gasteiger partial charge in [-0.1, -0.05) is 0 Å². The predicted molar refractivity (Wildman–Crippen MR) is 78.8 cm³/mol. The highest BCUT2D eigenvalue weighted by Crippen LogP contribution is 2.12. The van der Waals surface area contributed by atoms with Gasteiger partial charge in [-0.3, -0.25) is 0 Å². The number of nitrogens with one attached hydrogen (secondary N) is 1. The Morgan fingerprint density at radius 3 is 2.50 bits per heavy atom. The first-order valence-corrected chi connectivity index (χ1v) is 6.70. The zero-order valence-electron chi connectivity index (χ0n) is 12.3. The number of hydrogen-bond donors (Lipinski definition) is 1. The molecule has 0 bridgehead atoms. The Hall–Kier alpha value is -2.17. The molecule has 0 amide bonds. The maximum Gasteiger partial charge on any atom is 0.223 e. The molecular formula is C15H20N4O. The standard InChI is InChI=1S/C15H20N4O/c1-10(2)20-14-8-13(5-6-16-14)9-17-15-18-11(3)7-12(4)19-15/h5-8,10H,9H2,1-4H3,(H,17,18,19). The van der Waals surface area contributed by atoms with Crippen molar-refractivity contribution in [2.75, 3.05) is 5.32 Å². The lowest BCUT2D eigenvalue weighted by molar-refractivity contribution is 0.232. The van der Waals surface area contributed by atoms with Crippen molar-refractivity contribution in [2.45, 2.75) is 40.3 Å². The molecule has 20 heavy (non-hydrogen) atoms. The van der Waals surface area contributed by atoms with E-state index < -0.39 is 0 Å². The number of nitrogens with zero attached hydrogens (tertiary/aromatic N) is 3. The Kier molecular flexibility index (Phi) is 4.50. The van der Waals surface area contributed by atoms with Gasteiger partial charge in [0.05, 0.1) is 6.10 Å². The molecule has 0 spiro atoms. The minimum absolute atomic E-state index is 0.119. The molecule has 2 heterocycles. The number of rotatable bonds is 5. The fraction of sp³-hybridized carbons (Fsp3) is 0.400. The molecule has 5 nitrogen and oxygen atoms in total. The summed E-state index contributed by atoms with van der Waals surface area (Å²) in [6.07, 6.45) is 1.87. The number of hydrogen-bond acceptors (Lipinski definition) is 5. The van der Waals surface area contributed by atoms with Crippen LogP contribution in [0.15, 0.2) is 24.4 Å². The van der Waals surface area contributed by atoms with E-state index in [0.717, 1.165) is 17.0 Å². The third-order valence-electron chi connectivity index (χ3n) is 2.59. The van der Waals surface area contributed by atoms with Crippen molar-refractivity contribution < 1.29 is 4.74 Å². The summed E-state index contributed by atoms with van der Waals surface area (Å²) < 4.78 is 5.57. The highest BCUT2D eigenvalue weighted by Gasteiger charge is 2.03. The van der Waals surface area contributed by atoms with Crippen molar-refractivity contribution in [2.24, 2.45) is 0 Å². The smallest absolute Gasteiger partial charge is 0.223 e. The van der Waals surface area contributed by atoms with Crippen LogP contribution >= 0.6 is 0 Å². The van der Waals surface area contributed by atoms with Crippen LogP contribution in [0, 0.1) is 13.8 Å². The highest BCUT2D eigenvalue weighted by molar-refractivity contribution is 5.31. The summed E-state index contributed by atoms with van der Waals surface area (Å²) in [6.45, 7) is 8.52. The average molecular weight is 272 g/mol. The van der Waals surface area contributed by atoms with Gasteiger partial charge in [-0.05, 0) is 45.4 Å². The van der Waals surface area contributed by atoms with Gasteiger partial charge >= 0.3 is 0 Å². The van der Waals surface area contributed by atoms with E-state index in [9.17, 15) is 0 Å². The van der Waals surface area contributed by atoms with Gasteiger partial charge in [0.2, 0.25) is 11.8 Å². The summed E-state index contributed by atoms with van der Waals surface area (Å²) in [6, 6.07) is 5.82. The molecule has 2 aromatic heterocycles. The molecule has 1 N–H and O–H groups in total. The van der Waals surface area contributed by atoms with Gasteiger partial charge in [-0.15, -0.1) is 0 Å². The summed E-state index contributed by atoms with van der Waals surface area (Å²) in [4.78, 5) is 12.9. The van der Waals surface area contributed by atoms with E-state index >= 15 is 0 Å². The molecule has 0 aliphatic rings. The Bertz CT molecular complexity index is 564. The summed E-state index contributed by atoms with van der Waals surface area (Å²) in [7, 11) is 0. The minimum Gasteiger partial charge on any atom is -0.475 e. The molecule has 0 radical (unpaired) electrons. The molecule has 0 unspecified atom stereocenters. The molecule has 0 saturated carbocycles. The molecule has 0 aliphatic carbocycles. The molecule has 0 aliphatic heterocycles. The monoisotopic (exact) mass is 272 g/mol. The number of aryl methyl sites for hydroxylation is 2. The largest absolute Gasteiger partial charge is 0.475 e. The number of ether oxygens (including phenoxy) is 1. The van der Waals surface area contributed by atoms with Crippen molar-refractivity contribution in [3.8, 4) is 5.88 Å². The van der Waals surface area contributed by atoms with Crippen LogP contribution in [0.3, 0.4) is 0 Å². The van der Waals surface area contributed by atoms with Crippen molar-refractivity contribution >= 4 is 5.95 Å². The average Bonchev–Trinajstić information content (AvgIpc) is 2.35. The van der Waals surface area contributed by atoms with E-state index in [-0.39, 0.29) is 6.10 Å². The van der Waals surface area contributed by atoms with Gasteiger partial charge in [0, 0.05) is 30.2 Å². The van der Waals surface area contributed by atoms with Crippen molar-refractivity contribution in [3.63, 3.8) is 0 Å². The molecule has 0 fully saturated rings. The van der Waals surface area contributed by atoms with Crippen molar-refractivity contribution in [1.29, 1.82) is 0 Å². The van der Waals surface area contributed by atoms with Gasteiger partial charge in [-0.2, -0.15) is 0 Å². The second-order valence-electron chi connectivity index (χ2n) is 5.00.